The molecule has 2 fully saturated rings. The molecule has 1 saturated carbocycles. The zero-order chi connectivity index (χ0) is 25.5. The average molecular weight is 489 g/mol. The Bertz CT molecular complexity index is 1140. The molecule has 2 unspecified atom stereocenters. The van der Waals surface area contributed by atoms with E-state index in [0.29, 0.717) is 18.6 Å². The van der Waals surface area contributed by atoms with Gasteiger partial charge in [-0.3, -0.25) is 19.3 Å². The number of methoxy groups -OCH3 is 1. The van der Waals surface area contributed by atoms with Gasteiger partial charge in [-0.1, -0.05) is 30.3 Å². The van der Waals surface area contributed by atoms with Crippen LogP contribution >= 0.6 is 0 Å². The molecule has 2 aromatic carbocycles. The van der Waals surface area contributed by atoms with Crippen LogP contribution < -0.4 is 4.74 Å². The number of hydrogen-bond donors (Lipinski definition) is 0. The molecule has 9 heteroatoms. The fraction of sp³-hybridized carbons (Fsp3) is 0.423. The summed E-state index contributed by atoms with van der Waals surface area (Å²) >= 11 is 0. The van der Waals surface area contributed by atoms with Crippen molar-refractivity contribution in [3.8, 4) is 5.75 Å². The monoisotopic (exact) mass is 488 g/mol. The molecular weight excluding hydrogens is 461 g/mol. The molecule has 0 aromatic heterocycles. The van der Waals surface area contributed by atoms with Crippen molar-refractivity contribution >= 4 is 17.7 Å². The Morgan fingerprint density at radius 2 is 1.83 bits per heavy atom. The predicted octanol–water partition coefficient (Wildman–Crippen LogP) is 4.48. The Labute approximate surface area is 201 Å². The molecule has 2 aromatic rings. The number of benzene rings is 2. The van der Waals surface area contributed by atoms with Gasteiger partial charge in [0.2, 0.25) is 17.7 Å². The number of ether oxygens (including phenoxy) is 1. The summed E-state index contributed by atoms with van der Waals surface area (Å²) in [5, 5.41) is 0. The summed E-state index contributed by atoms with van der Waals surface area (Å²) in [5.74, 6) is -0.824. The van der Waals surface area contributed by atoms with E-state index in [-0.39, 0.29) is 24.1 Å². The minimum Gasteiger partial charge on any atom is -0.497 e. The molecule has 1 saturated heterocycles. The van der Waals surface area contributed by atoms with Crippen molar-refractivity contribution in [1.29, 1.82) is 0 Å². The van der Waals surface area contributed by atoms with E-state index in [2.05, 4.69) is 0 Å². The number of nitrogens with zero attached hydrogens (tertiary/aromatic N) is 2. The summed E-state index contributed by atoms with van der Waals surface area (Å²) in [6, 6.07) is 11.0. The Morgan fingerprint density at radius 1 is 1.17 bits per heavy atom. The molecule has 0 spiro atoms. The third kappa shape index (κ3) is 4.63. The molecule has 1 aliphatic carbocycles. The third-order valence-corrected chi connectivity index (χ3v) is 7.03. The number of carbonyl (C=O) groups is 3. The van der Waals surface area contributed by atoms with E-state index in [4.69, 9.17) is 4.74 Å². The first-order valence-electron chi connectivity index (χ1n) is 11.4. The van der Waals surface area contributed by atoms with Crippen molar-refractivity contribution < 1.29 is 32.3 Å². The van der Waals surface area contributed by atoms with Crippen LogP contribution in [-0.4, -0.2) is 47.7 Å². The van der Waals surface area contributed by atoms with Gasteiger partial charge in [0.15, 0.2) is 0 Å². The standard InChI is InChI=1S/C26H27F3N2O4/c1-16(17-7-11-21(35-3)12-8-17)30(2)22(32)14-25(15-23(33)31(24(25)34)20-9-10-20)18-5-4-6-19(13-18)26(27,28)29/h4-8,11-13,16,20H,9-10,14-15H2,1-3H3. The lowest BCUT2D eigenvalue weighted by molar-refractivity contribution is -0.143. The highest BCUT2D eigenvalue weighted by Gasteiger charge is 2.57. The maximum Gasteiger partial charge on any atom is 0.416 e. The van der Waals surface area contributed by atoms with Crippen molar-refractivity contribution in [2.75, 3.05) is 14.2 Å². The van der Waals surface area contributed by atoms with Crippen molar-refractivity contribution in [1.82, 2.24) is 9.80 Å². The van der Waals surface area contributed by atoms with Gasteiger partial charge in [-0.05, 0) is 49.1 Å². The minimum absolute atomic E-state index is 0.0349. The SMILES string of the molecule is COc1ccc(C(C)N(C)C(=O)CC2(c3cccc(C(F)(F)F)c3)CC(=O)N(C3CC3)C2=O)cc1. The molecule has 2 atom stereocenters. The van der Waals surface area contributed by atoms with Gasteiger partial charge in [-0.2, -0.15) is 13.2 Å². The lowest BCUT2D eigenvalue weighted by Crippen LogP contribution is -2.43. The molecule has 1 aliphatic heterocycles. The van der Waals surface area contributed by atoms with E-state index >= 15 is 0 Å². The number of likely N-dealkylation sites (tertiary alicyclic amines) is 1. The number of alkyl halides is 3. The number of amides is 3. The van der Waals surface area contributed by atoms with Crippen LogP contribution in [0.15, 0.2) is 48.5 Å². The summed E-state index contributed by atoms with van der Waals surface area (Å²) in [7, 11) is 3.13. The maximum absolute atomic E-state index is 13.6. The van der Waals surface area contributed by atoms with Crippen LogP contribution in [0.4, 0.5) is 13.2 Å². The molecule has 0 bridgehead atoms. The highest BCUT2D eigenvalue weighted by atomic mass is 19.4. The highest BCUT2D eigenvalue weighted by Crippen LogP contribution is 2.45. The van der Waals surface area contributed by atoms with Gasteiger partial charge in [-0.15, -0.1) is 0 Å². The quantitative estimate of drug-likeness (QED) is 0.539. The first kappa shape index (κ1) is 24.8. The Hall–Kier alpha value is -3.36. The normalized spacial score (nSPS) is 21.3. The van der Waals surface area contributed by atoms with E-state index in [0.717, 1.165) is 22.6 Å². The molecule has 6 nitrogen and oxygen atoms in total. The molecule has 0 N–H and O–H groups in total. The van der Waals surface area contributed by atoms with Crippen LogP contribution in [0.5, 0.6) is 5.75 Å². The Kier molecular flexibility index (Phi) is 6.38. The summed E-state index contributed by atoms with van der Waals surface area (Å²) in [6.45, 7) is 1.81. The van der Waals surface area contributed by atoms with Gasteiger partial charge in [0.1, 0.15) is 5.75 Å². The minimum atomic E-state index is -4.62. The predicted molar refractivity (Wildman–Crippen MR) is 121 cm³/mol. The fourth-order valence-corrected chi connectivity index (χ4v) is 4.63. The van der Waals surface area contributed by atoms with Crippen LogP contribution in [0.25, 0.3) is 0 Å². The third-order valence-electron chi connectivity index (χ3n) is 7.03. The number of carbonyl (C=O) groups excluding carboxylic acids is 3. The van der Waals surface area contributed by atoms with Crippen LogP contribution in [0, 0.1) is 0 Å². The molecule has 3 amide bonds. The zero-order valence-electron chi connectivity index (χ0n) is 19.8. The highest BCUT2D eigenvalue weighted by molar-refractivity contribution is 6.11. The lowest BCUT2D eigenvalue weighted by Gasteiger charge is -2.32. The second-order valence-electron chi connectivity index (χ2n) is 9.27. The van der Waals surface area contributed by atoms with Gasteiger partial charge < -0.3 is 9.64 Å². The van der Waals surface area contributed by atoms with Crippen molar-refractivity contribution in [2.24, 2.45) is 0 Å². The molecular formula is C26H27F3N2O4. The number of rotatable bonds is 7. The van der Waals surface area contributed by atoms with Gasteiger partial charge in [-0.25, -0.2) is 0 Å². The largest absolute Gasteiger partial charge is 0.497 e. The maximum atomic E-state index is 13.6. The van der Waals surface area contributed by atoms with Crippen LogP contribution in [0.3, 0.4) is 0 Å². The van der Waals surface area contributed by atoms with Crippen LogP contribution in [0.2, 0.25) is 0 Å². The molecule has 1 heterocycles. The van der Waals surface area contributed by atoms with E-state index in [1.807, 2.05) is 19.1 Å². The Balaban J connectivity index is 1.67. The van der Waals surface area contributed by atoms with Crippen molar-refractivity contribution in [3.63, 3.8) is 0 Å². The molecule has 4 rings (SSSR count). The van der Waals surface area contributed by atoms with Crippen molar-refractivity contribution in [2.45, 2.75) is 56.3 Å². The van der Waals surface area contributed by atoms with Gasteiger partial charge in [0, 0.05) is 25.9 Å². The first-order chi connectivity index (χ1) is 16.5. The van der Waals surface area contributed by atoms with E-state index in [9.17, 15) is 27.6 Å². The molecule has 0 radical (unpaired) electrons. The van der Waals surface area contributed by atoms with Crippen LogP contribution in [0.1, 0.15) is 55.3 Å². The molecule has 2 aliphatic rings. The van der Waals surface area contributed by atoms with E-state index < -0.39 is 41.3 Å². The second kappa shape index (κ2) is 9.02. The van der Waals surface area contributed by atoms with Gasteiger partial charge >= 0.3 is 6.18 Å². The fourth-order valence-electron chi connectivity index (χ4n) is 4.63. The first-order valence-corrected chi connectivity index (χ1v) is 11.4. The number of imide groups is 1. The van der Waals surface area contributed by atoms with Crippen LogP contribution in [-0.2, 0) is 26.0 Å². The molecule has 35 heavy (non-hydrogen) atoms. The summed E-state index contributed by atoms with van der Waals surface area (Å²) in [5.41, 5.74) is -1.74. The topological polar surface area (TPSA) is 66.9 Å². The number of halogens is 3. The van der Waals surface area contributed by atoms with E-state index in [1.165, 1.54) is 17.0 Å². The summed E-state index contributed by atoms with van der Waals surface area (Å²) in [4.78, 5) is 42.5. The van der Waals surface area contributed by atoms with Gasteiger partial charge in [0.25, 0.3) is 0 Å². The van der Waals surface area contributed by atoms with Gasteiger partial charge in [0.05, 0.1) is 24.1 Å². The number of hydrogen-bond acceptors (Lipinski definition) is 4. The lowest BCUT2D eigenvalue weighted by atomic mass is 9.75. The Morgan fingerprint density at radius 3 is 2.40 bits per heavy atom. The second-order valence-corrected chi connectivity index (χ2v) is 9.27. The smallest absolute Gasteiger partial charge is 0.416 e. The zero-order valence-corrected chi connectivity index (χ0v) is 19.8. The summed E-state index contributed by atoms with van der Waals surface area (Å²) < 4.78 is 45.5. The molecule has 186 valence electrons. The average Bonchev–Trinajstić information content (AvgIpc) is 3.63. The van der Waals surface area contributed by atoms with Crippen molar-refractivity contribution in [3.05, 3.63) is 65.2 Å². The summed E-state index contributed by atoms with van der Waals surface area (Å²) in [6.07, 6.45) is -4.03. The van der Waals surface area contributed by atoms with E-state index in [1.54, 1.807) is 26.3 Å².